The minimum atomic E-state index is -0.907. The number of aromatic amines is 1. The van der Waals surface area contributed by atoms with E-state index < -0.39 is 5.97 Å². The third-order valence-electron chi connectivity index (χ3n) is 2.23. The first kappa shape index (κ1) is 9.52. The molecule has 0 aliphatic carbocycles. The number of allylic oxidation sites excluding steroid dienone is 1. The first-order chi connectivity index (χ1) is 7.25. The highest BCUT2D eigenvalue weighted by Crippen LogP contribution is 2.14. The Kier molecular flexibility index (Phi) is 2.54. The number of carbonyl (C=O) groups is 1. The smallest absolute Gasteiger partial charge is 0.327 e. The van der Waals surface area contributed by atoms with Crippen molar-refractivity contribution in [2.75, 3.05) is 0 Å². The van der Waals surface area contributed by atoms with Crippen LogP contribution in [-0.2, 0) is 11.2 Å². The van der Waals surface area contributed by atoms with E-state index in [1.54, 1.807) is 6.08 Å². The molecule has 0 radical (unpaired) electrons. The predicted molar refractivity (Wildman–Crippen MR) is 58.8 cm³/mol. The maximum Gasteiger partial charge on any atom is 0.327 e. The zero-order valence-electron chi connectivity index (χ0n) is 8.10. The Balaban J connectivity index is 2.18. The fourth-order valence-electron chi connectivity index (χ4n) is 1.52. The number of rotatable bonds is 3. The van der Waals surface area contributed by atoms with Crippen LogP contribution in [0.25, 0.3) is 10.9 Å². The fraction of sp³-hybridized carbons (Fsp3) is 0.0833. The maximum atomic E-state index is 10.3. The zero-order chi connectivity index (χ0) is 10.7. The lowest BCUT2D eigenvalue weighted by Gasteiger charge is -1.96. The van der Waals surface area contributed by atoms with Crippen molar-refractivity contribution in [1.29, 1.82) is 0 Å². The summed E-state index contributed by atoms with van der Waals surface area (Å²) in [6.07, 6.45) is 5.34. The summed E-state index contributed by atoms with van der Waals surface area (Å²) in [7, 11) is 0. The van der Waals surface area contributed by atoms with E-state index in [1.807, 2.05) is 30.5 Å². The number of fused-ring (bicyclic) bond motifs is 1. The Hall–Kier alpha value is -2.03. The van der Waals surface area contributed by atoms with Crippen molar-refractivity contribution in [1.82, 2.24) is 4.98 Å². The summed E-state index contributed by atoms with van der Waals surface area (Å²) >= 11 is 0. The first-order valence-corrected chi connectivity index (χ1v) is 4.71. The van der Waals surface area contributed by atoms with Gasteiger partial charge in [0.2, 0.25) is 0 Å². The van der Waals surface area contributed by atoms with Gasteiger partial charge in [-0.25, -0.2) is 4.79 Å². The third kappa shape index (κ3) is 2.26. The van der Waals surface area contributed by atoms with Crippen LogP contribution in [0.3, 0.4) is 0 Å². The number of hydrogen-bond acceptors (Lipinski definition) is 1. The second-order valence-electron chi connectivity index (χ2n) is 3.34. The molecule has 0 bridgehead atoms. The number of aromatic nitrogens is 1. The van der Waals surface area contributed by atoms with Gasteiger partial charge in [0.05, 0.1) is 0 Å². The zero-order valence-corrected chi connectivity index (χ0v) is 8.10. The highest BCUT2D eigenvalue weighted by atomic mass is 16.4. The van der Waals surface area contributed by atoms with Crippen molar-refractivity contribution in [3.63, 3.8) is 0 Å². The van der Waals surface area contributed by atoms with Crippen LogP contribution in [0.4, 0.5) is 0 Å². The molecule has 0 aliphatic heterocycles. The molecule has 76 valence electrons. The summed E-state index contributed by atoms with van der Waals surface area (Å²) < 4.78 is 0. The van der Waals surface area contributed by atoms with Crippen LogP contribution in [0.15, 0.2) is 42.6 Å². The maximum absolute atomic E-state index is 10.3. The molecule has 0 atom stereocenters. The number of nitrogens with one attached hydrogen (secondary N) is 1. The monoisotopic (exact) mass is 201 g/mol. The van der Waals surface area contributed by atoms with Crippen molar-refractivity contribution in [2.24, 2.45) is 0 Å². The van der Waals surface area contributed by atoms with E-state index in [9.17, 15) is 4.79 Å². The van der Waals surface area contributed by atoms with Gasteiger partial charge in [0.1, 0.15) is 0 Å². The molecule has 1 aromatic heterocycles. The van der Waals surface area contributed by atoms with Crippen LogP contribution >= 0.6 is 0 Å². The van der Waals surface area contributed by atoms with Gasteiger partial charge in [0.15, 0.2) is 0 Å². The van der Waals surface area contributed by atoms with Crippen LogP contribution in [-0.4, -0.2) is 16.1 Å². The number of carboxylic acids is 1. The van der Waals surface area contributed by atoms with Crippen LogP contribution in [0.1, 0.15) is 5.56 Å². The number of benzene rings is 1. The molecular weight excluding hydrogens is 190 g/mol. The van der Waals surface area contributed by atoms with Crippen molar-refractivity contribution < 1.29 is 9.90 Å². The molecule has 0 fully saturated rings. The normalized spacial score (nSPS) is 11.2. The average Bonchev–Trinajstić information content (AvgIpc) is 2.64. The fourth-order valence-corrected chi connectivity index (χ4v) is 1.52. The molecule has 3 nitrogen and oxygen atoms in total. The van der Waals surface area contributed by atoms with Gasteiger partial charge in [-0.1, -0.05) is 18.2 Å². The number of carboxylic acid groups (broad SMARTS) is 1. The Morgan fingerprint density at radius 3 is 3.07 bits per heavy atom. The quantitative estimate of drug-likeness (QED) is 0.749. The van der Waals surface area contributed by atoms with Crippen molar-refractivity contribution >= 4 is 16.9 Å². The van der Waals surface area contributed by atoms with Crippen LogP contribution < -0.4 is 0 Å². The van der Waals surface area contributed by atoms with E-state index >= 15 is 0 Å². The van der Waals surface area contributed by atoms with E-state index in [0.29, 0.717) is 6.42 Å². The van der Waals surface area contributed by atoms with Gasteiger partial charge < -0.3 is 10.1 Å². The lowest BCUT2D eigenvalue weighted by atomic mass is 10.1. The van der Waals surface area contributed by atoms with Gasteiger partial charge in [0.25, 0.3) is 0 Å². The lowest BCUT2D eigenvalue weighted by Crippen LogP contribution is -1.87. The molecule has 15 heavy (non-hydrogen) atoms. The second kappa shape index (κ2) is 4.00. The highest BCUT2D eigenvalue weighted by Gasteiger charge is 1.95. The topological polar surface area (TPSA) is 53.1 Å². The number of aliphatic carboxylic acids is 1. The minimum absolute atomic E-state index is 0.640. The van der Waals surface area contributed by atoms with Gasteiger partial charge in [-0.3, -0.25) is 0 Å². The molecule has 0 aliphatic rings. The molecule has 0 amide bonds. The standard InChI is InChI=1S/C12H11NO2/c14-12(15)3-1-2-9-4-5-10-6-7-13-11(10)8-9/h1,3-8,13H,2H2,(H,14,15). The molecule has 2 N–H and O–H groups in total. The molecule has 2 aromatic rings. The summed E-state index contributed by atoms with van der Waals surface area (Å²) in [6, 6.07) is 8.06. The van der Waals surface area contributed by atoms with Gasteiger partial charge in [-0.15, -0.1) is 0 Å². The lowest BCUT2D eigenvalue weighted by molar-refractivity contribution is -0.131. The first-order valence-electron chi connectivity index (χ1n) is 4.71. The van der Waals surface area contributed by atoms with Crippen LogP contribution in [0, 0.1) is 0 Å². The van der Waals surface area contributed by atoms with E-state index in [-0.39, 0.29) is 0 Å². The highest BCUT2D eigenvalue weighted by molar-refractivity contribution is 5.80. The Bertz CT molecular complexity index is 511. The summed E-state index contributed by atoms with van der Waals surface area (Å²) in [5, 5.41) is 9.60. The largest absolute Gasteiger partial charge is 0.478 e. The van der Waals surface area contributed by atoms with E-state index in [0.717, 1.165) is 11.1 Å². The van der Waals surface area contributed by atoms with Gasteiger partial charge in [-0.2, -0.15) is 0 Å². The van der Waals surface area contributed by atoms with Crippen LogP contribution in [0.2, 0.25) is 0 Å². The van der Waals surface area contributed by atoms with Crippen molar-refractivity contribution in [2.45, 2.75) is 6.42 Å². The molecule has 0 unspecified atom stereocenters. The Morgan fingerprint density at radius 2 is 2.27 bits per heavy atom. The second-order valence-corrected chi connectivity index (χ2v) is 3.34. The van der Waals surface area contributed by atoms with Crippen molar-refractivity contribution in [3.8, 4) is 0 Å². The Morgan fingerprint density at radius 1 is 1.40 bits per heavy atom. The molecule has 3 heteroatoms. The average molecular weight is 201 g/mol. The predicted octanol–water partition coefficient (Wildman–Crippen LogP) is 2.35. The van der Waals surface area contributed by atoms with Gasteiger partial charge in [-0.05, 0) is 29.5 Å². The third-order valence-corrected chi connectivity index (χ3v) is 2.23. The summed E-state index contributed by atoms with van der Waals surface area (Å²) in [5.41, 5.74) is 2.18. The van der Waals surface area contributed by atoms with Crippen LogP contribution in [0.5, 0.6) is 0 Å². The van der Waals surface area contributed by atoms with Gasteiger partial charge in [0, 0.05) is 17.8 Å². The molecule has 0 spiro atoms. The number of H-pyrrole nitrogens is 1. The minimum Gasteiger partial charge on any atom is -0.478 e. The number of hydrogen-bond donors (Lipinski definition) is 2. The summed E-state index contributed by atoms with van der Waals surface area (Å²) in [4.78, 5) is 13.4. The molecule has 1 heterocycles. The van der Waals surface area contributed by atoms with Gasteiger partial charge >= 0.3 is 5.97 Å². The molecule has 1 aromatic carbocycles. The molecule has 0 saturated carbocycles. The van der Waals surface area contributed by atoms with E-state index in [1.165, 1.54) is 11.5 Å². The SMILES string of the molecule is O=C(O)C=CCc1ccc2cc[nH]c2c1. The summed E-state index contributed by atoms with van der Waals surface area (Å²) in [5.74, 6) is -0.907. The molecular formula is C12H11NO2. The van der Waals surface area contributed by atoms with E-state index in [2.05, 4.69) is 4.98 Å². The molecule has 2 rings (SSSR count). The summed E-state index contributed by atoms with van der Waals surface area (Å²) in [6.45, 7) is 0. The van der Waals surface area contributed by atoms with E-state index in [4.69, 9.17) is 5.11 Å². The Labute approximate surface area is 87.0 Å². The molecule has 0 saturated heterocycles. The van der Waals surface area contributed by atoms with Crippen molar-refractivity contribution in [3.05, 3.63) is 48.2 Å².